The first-order chi connectivity index (χ1) is 6.96. The molecule has 0 heterocycles. The first-order valence-electron chi connectivity index (χ1n) is 4.10. The van der Waals surface area contributed by atoms with E-state index in [2.05, 4.69) is 0 Å². The third-order valence-corrected chi connectivity index (χ3v) is 2.09. The highest BCUT2D eigenvalue weighted by molar-refractivity contribution is 6.32. The maximum Gasteiger partial charge on any atom is 0.416 e. The van der Waals surface area contributed by atoms with Crippen molar-refractivity contribution >= 4 is 17.2 Å². The minimum atomic E-state index is -4.52. The molecule has 82 valence electrons. The van der Waals surface area contributed by atoms with E-state index >= 15 is 0 Å². The maximum atomic E-state index is 12.5. The van der Waals surface area contributed by atoms with E-state index in [0.717, 1.165) is 0 Å². The molecule has 0 saturated heterocycles. The Labute approximate surface area is 89.8 Å². The number of alkyl halides is 3. The van der Waals surface area contributed by atoms with E-state index in [1.54, 1.807) is 6.07 Å². The molecule has 0 aromatic heterocycles. The molecule has 0 aliphatic rings. The second kappa shape index (κ2) is 4.68. The summed E-state index contributed by atoms with van der Waals surface area (Å²) in [4.78, 5) is 0. The quantitative estimate of drug-likeness (QED) is 0.836. The molecule has 0 bridgehead atoms. The fraction of sp³-hybridized carbons (Fsp3) is 0.200. The van der Waals surface area contributed by atoms with Crippen molar-refractivity contribution in [3.8, 4) is 0 Å². The van der Waals surface area contributed by atoms with Gasteiger partial charge in [-0.3, -0.25) is 0 Å². The molecule has 0 atom stereocenters. The lowest BCUT2D eigenvalue weighted by atomic mass is 10.1. The summed E-state index contributed by atoms with van der Waals surface area (Å²) in [6, 6.07) is 5.63. The monoisotopic (exact) mass is 236 g/mol. The number of rotatable bonds is 2. The van der Waals surface area contributed by atoms with Crippen molar-refractivity contribution in [1.82, 2.24) is 0 Å². The smallest absolute Gasteiger partial charge is 0.392 e. The molecule has 5 heteroatoms. The van der Waals surface area contributed by atoms with Gasteiger partial charge in [0.05, 0.1) is 12.2 Å². The van der Waals surface area contributed by atoms with Crippen molar-refractivity contribution < 1.29 is 18.3 Å². The number of hydrogen-bond acceptors (Lipinski definition) is 1. The van der Waals surface area contributed by atoms with Gasteiger partial charge >= 0.3 is 6.18 Å². The molecule has 0 aliphatic heterocycles. The van der Waals surface area contributed by atoms with E-state index in [1.165, 1.54) is 18.2 Å². The van der Waals surface area contributed by atoms with E-state index in [0.29, 0.717) is 6.08 Å². The summed E-state index contributed by atoms with van der Waals surface area (Å²) in [5.41, 5.74) is -1.05. The molecule has 1 N–H and O–H groups in total. The molecule has 1 rings (SSSR count). The van der Waals surface area contributed by atoms with Gasteiger partial charge in [0.25, 0.3) is 0 Å². The van der Waals surface area contributed by atoms with Gasteiger partial charge in [-0.2, -0.15) is 13.2 Å². The Morgan fingerprint density at radius 3 is 2.40 bits per heavy atom. The summed E-state index contributed by atoms with van der Waals surface area (Å²) >= 11 is 5.64. The van der Waals surface area contributed by atoms with Crippen molar-refractivity contribution in [2.45, 2.75) is 6.18 Å². The number of halogens is 4. The van der Waals surface area contributed by atoms with Crippen molar-refractivity contribution in [2.24, 2.45) is 0 Å². The average molecular weight is 237 g/mol. The van der Waals surface area contributed by atoms with Crippen molar-refractivity contribution in [3.63, 3.8) is 0 Å². The lowest BCUT2D eigenvalue weighted by molar-refractivity contribution is -0.0692. The van der Waals surface area contributed by atoms with Gasteiger partial charge in [0.1, 0.15) is 0 Å². The Hall–Kier alpha value is -1.00. The van der Waals surface area contributed by atoms with Gasteiger partial charge in [0, 0.05) is 10.6 Å². The Kier molecular flexibility index (Phi) is 3.77. The van der Waals surface area contributed by atoms with Gasteiger partial charge in [-0.15, -0.1) is 0 Å². The van der Waals surface area contributed by atoms with Crippen LogP contribution >= 0.6 is 11.6 Å². The SMILES string of the molecule is OC/C=C(\c1ccccc1Cl)C(F)(F)F. The maximum absolute atomic E-state index is 12.5. The van der Waals surface area contributed by atoms with E-state index in [-0.39, 0.29) is 10.6 Å². The molecule has 0 spiro atoms. The van der Waals surface area contributed by atoms with Crippen molar-refractivity contribution in [1.29, 1.82) is 0 Å². The number of allylic oxidation sites excluding steroid dienone is 1. The molecule has 0 aliphatic carbocycles. The standard InChI is InChI=1S/C10H8ClF3O/c11-9-4-2-1-3-7(9)8(5-6-15)10(12,13)14/h1-5,15H,6H2/b8-5+. The minimum absolute atomic E-state index is 0.00882. The van der Waals surface area contributed by atoms with Gasteiger partial charge < -0.3 is 5.11 Å². The number of hydrogen-bond donors (Lipinski definition) is 1. The van der Waals surface area contributed by atoms with Crippen molar-refractivity contribution in [2.75, 3.05) is 6.61 Å². The van der Waals surface area contributed by atoms with Gasteiger partial charge in [-0.1, -0.05) is 29.8 Å². The molecule has 1 nitrogen and oxygen atoms in total. The fourth-order valence-corrected chi connectivity index (χ4v) is 1.39. The number of aliphatic hydroxyl groups is 1. The lowest BCUT2D eigenvalue weighted by Crippen LogP contribution is -2.11. The highest BCUT2D eigenvalue weighted by Gasteiger charge is 2.35. The summed E-state index contributed by atoms with van der Waals surface area (Å²) in [5, 5.41) is 8.54. The zero-order valence-electron chi connectivity index (χ0n) is 7.55. The van der Waals surface area contributed by atoms with Crippen LogP contribution in [0.4, 0.5) is 13.2 Å². The summed E-state index contributed by atoms with van der Waals surface area (Å²) in [6.07, 6.45) is -3.82. The first-order valence-corrected chi connectivity index (χ1v) is 4.47. The van der Waals surface area contributed by atoms with Crippen LogP contribution in [0.2, 0.25) is 5.02 Å². The average Bonchev–Trinajstić information content (AvgIpc) is 2.14. The normalized spacial score (nSPS) is 13.0. The summed E-state index contributed by atoms with van der Waals surface area (Å²) < 4.78 is 37.6. The third-order valence-electron chi connectivity index (χ3n) is 1.76. The van der Waals surface area contributed by atoms with Crippen LogP contribution in [0.15, 0.2) is 30.3 Å². The molecule has 0 fully saturated rings. The molecule has 1 aromatic rings. The largest absolute Gasteiger partial charge is 0.416 e. The van der Waals surface area contributed by atoms with Gasteiger partial charge in [-0.05, 0) is 12.1 Å². The molecule has 0 saturated carbocycles. The Bertz CT molecular complexity index is 371. The zero-order chi connectivity index (χ0) is 11.5. The predicted molar refractivity (Wildman–Crippen MR) is 52.6 cm³/mol. The molecule has 0 amide bonds. The van der Waals surface area contributed by atoms with Crippen LogP contribution in [-0.4, -0.2) is 17.9 Å². The Morgan fingerprint density at radius 2 is 1.93 bits per heavy atom. The van der Waals surface area contributed by atoms with Gasteiger partial charge in [0.15, 0.2) is 0 Å². The second-order valence-corrected chi connectivity index (χ2v) is 3.19. The van der Waals surface area contributed by atoms with Crippen molar-refractivity contribution in [3.05, 3.63) is 40.9 Å². The molecule has 0 radical (unpaired) electrons. The van der Waals surface area contributed by atoms with Crippen LogP contribution in [0, 0.1) is 0 Å². The minimum Gasteiger partial charge on any atom is -0.392 e. The third kappa shape index (κ3) is 2.97. The van der Waals surface area contributed by atoms with Gasteiger partial charge in [-0.25, -0.2) is 0 Å². The fourth-order valence-electron chi connectivity index (χ4n) is 1.15. The Balaban J connectivity index is 3.24. The van der Waals surface area contributed by atoms with Crippen LogP contribution in [0.5, 0.6) is 0 Å². The number of benzene rings is 1. The molecular formula is C10H8ClF3O. The van der Waals surface area contributed by atoms with Crippen LogP contribution in [0.25, 0.3) is 5.57 Å². The predicted octanol–water partition coefficient (Wildman–Crippen LogP) is 3.28. The number of aliphatic hydroxyl groups excluding tert-OH is 1. The lowest BCUT2D eigenvalue weighted by Gasteiger charge is -2.12. The first kappa shape index (κ1) is 12.1. The van der Waals surface area contributed by atoms with E-state index < -0.39 is 18.4 Å². The highest BCUT2D eigenvalue weighted by atomic mass is 35.5. The van der Waals surface area contributed by atoms with E-state index in [9.17, 15) is 13.2 Å². The summed E-state index contributed by atoms with van der Waals surface area (Å²) in [6.45, 7) is -0.680. The zero-order valence-corrected chi connectivity index (χ0v) is 8.31. The molecule has 15 heavy (non-hydrogen) atoms. The summed E-state index contributed by atoms with van der Waals surface area (Å²) in [7, 11) is 0. The van der Waals surface area contributed by atoms with Gasteiger partial charge in [0.2, 0.25) is 0 Å². The Morgan fingerprint density at radius 1 is 1.33 bits per heavy atom. The second-order valence-electron chi connectivity index (χ2n) is 2.78. The van der Waals surface area contributed by atoms with E-state index in [1.807, 2.05) is 0 Å². The molecule has 0 unspecified atom stereocenters. The van der Waals surface area contributed by atoms with Crippen LogP contribution < -0.4 is 0 Å². The molecule has 1 aromatic carbocycles. The highest BCUT2D eigenvalue weighted by Crippen LogP contribution is 2.36. The molecular weight excluding hydrogens is 229 g/mol. The summed E-state index contributed by atoms with van der Waals surface area (Å²) in [5.74, 6) is 0. The van der Waals surface area contributed by atoms with Crippen LogP contribution in [0.3, 0.4) is 0 Å². The topological polar surface area (TPSA) is 20.2 Å². The van der Waals surface area contributed by atoms with Crippen LogP contribution in [-0.2, 0) is 0 Å². The van der Waals surface area contributed by atoms with E-state index in [4.69, 9.17) is 16.7 Å². The van der Waals surface area contributed by atoms with Crippen LogP contribution in [0.1, 0.15) is 5.56 Å².